The van der Waals surface area contributed by atoms with Crippen LogP contribution in [0.25, 0.3) is 0 Å². The molecule has 0 aromatic rings. The Bertz CT molecular complexity index is 49.7. The highest BCUT2D eigenvalue weighted by Gasteiger charge is 1.96. The zero-order valence-corrected chi connectivity index (χ0v) is 6.09. The van der Waals surface area contributed by atoms with E-state index in [0.717, 1.165) is 12.8 Å². The molecule has 2 nitrogen and oxygen atoms in total. The summed E-state index contributed by atoms with van der Waals surface area (Å²) >= 11 is 0. The van der Waals surface area contributed by atoms with E-state index < -0.39 is 0 Å². The monoisotopic (exact) mass is 136 g/mol. The summed E-state index contributed by atoms with van der Waals surface area (Å²) in [7, 11) is 0.586. The molecule has 0 radical (unpaired) electrons. The van der Waals surface area contributed by atoms with E-state index in [1.54, 1.807) is 0 Å². The maximum atomic E-state index is 8.89. The minimum absolute atomic E-state index is 0.179. The van der Waals surface area contributed by atoms with E-state index in [9.17, 15) is 0 Å². The van der Waals surface area contributed by atoms with E-state index in [2.05, 4.69) is 0 Å². The summed E-state index contributed by atoms with van der Waals surface area (Å²) in [6, 6.07) is 0. The molecule has 0 heterocycles. The normalized spacial score (nSPS) is 15.4. The molecule has 0 saturated carbocycles. The van der Waals surface area contributed by atoms with Gasteiger partial charge in [-0.15, -0.1) is 0 Å². The Hall–Kier alpha value is 0.350. The fourth-order valence-electron chi connectivity index (χ4n) is 0.429. The first-order valence-corrected chi connectivity index (χ1v) is 4.35. The van der Waals surface area contributed by atoms with Gasteiger partial charge >= 0.3 is 0 Å². The van der Waals surface area contributed by atoms with Crippen molar-refractivity contribution in [3.05, 3.63) is 0 Å². The van der Waals surface area contributed by atoms with Crippen molar-refractivity contribution >= 4 is 8.58 Å². The molecule has 0 fully saturated rings. The van der Waals surface area contributed by atoms with Crippen molar-refractivity contribution in [2.24, 2.45) is 0 Å². The molecule has 0 bridgehead atoms. The third-order valence-corrected chi connectivity index (χ3v) is 1.92. The molecule has 0 aromatic carbocycles. The molecule has 0 aliphatic rings. The van der Waals surface area contributed by atoms with Crippen LogP contribution < -0.4 is 0 Å². The van der Waals surface area contributed by atoms with E-state index in [-0.39, 0.29) is 12.5 Å². The van der Waals surface area contributed by atoms with E-state index >= 15 is 0 Å². The summed E-state index contributed by atoms with van der Waals surface area (Å²) in [5.41, 5.74) is 0. The summed E-state index contributed by atoms with van der Waals surface area (Å²) in [6.45, 7) is 2.16. The van der Waals surface area contributed by atoms with Crippen molar-refractivity contribution in [2.45, 2.75) is 18.7 Å². The predicted octanol–water partition coefficient (Wildman–Crippen LogP) is 0.386. The topological polar surface area (TPSA) is 40.5 Å². The van der Waals surface area contributed by atoms with E-state index in [0.29, 0.717) is 8.58 Å². The number of aliphatic hydroxyl groups excluding tert-OH is 2. The molecule has 0 saturated heterocycles. The van der Waals surface area contributed by atoms with Crippen LogP contribution in [-0.4, -0.2) is 29.3 Å². The van der Waals surface area contributed by atoms with Crippen LogP contribution in [0.1, 0.15) is 12.8 Å². The second-order valence-corrected chi connectivity index (χ2v) is 2.91. The van der Waals surface area contributed by atoms with Crippen molar-refractivity contribution < 1.29 is 10.2 Å². The molecule has 0 aliphatic heterocycles. The quantitative estimate of drug-likeness (QED) is 0.549. The third kappa shape index (κ3) is 4.51. The smallest absolute Gasteiger partial charge is 0.0700 e. The molecule has 0 aromatic heterocycles. The number of aliphatic hydroxyl groups is 2. The van der Waals surface area contributed by atoms with Crippen molar-refractivity contribution in [2.75, 3.05) is 13.3 Å². The molecular formula is C5H13O2P. The summed E-state index contributed by atoms with van der Waals surface area (Å²) in [5, 5.41) is 17.2. The average molecular weight is 136 g/mol. The summed E-state index contributed by atoms with van der Waals surface area (Å²) in [5.74, 6) is -0.179. The molecule has 8 heavy (non-hydrogen) atoms. The molecule has 3 heteroatoms. The lowest BCUT2D eigenvalue weighted by Gasteiger charge is -2.03. The van der Waals surface area contributed by atoms with E-state index in [1.165, 1.54) is 0 Å². The van der Waals surface area contributed by atoms with Crippen molar-refractivity contribution in [1.82, 2.24) is 0 Å². The minimum atomic E-state index is -0.179. The van der Waals surface area contributed by atoms with Gasteiger partial charge in [0.15, 0.2) is 0 Å². The maximum absolute atomic E-state index is 8.89. The van der Waals surface area contributed by atoms with Gasteiger partial charge in [-0.3, -0.25) is 0 Å². The molecule has 2 atom stereocenters. The van der Waals surface area contributed by atoms with Gasteiger partial charge in [0.25, 0.3) is 0 Å². The van der Waals surface area contributed by atoms with Crippen molar-refractivity contribution in [3.63, 3.8) is 0 Å². The molecule has 0 rings (SSSR count). The Morgan fingerprint density at radius 2 is 2.25 bits per heavy atom. The fourth-order valence-corrected chi connectivity index (χ4v) is 0.922. The Balaban J connectivity index is 2.86. The molecule has 2 unspecified atom stereocenters. The van der Waals surface area contributed by atoms with Crippen LogP contribution in [0.15, 0.2) is 0 Å². The third-order valence-electron chi connectivity index (χ3n) is 0.969. The van der Waals surface area contributed by atoms with Gasteiger partial charge in [0.2, 0.25) is 0 Å². The zero-order chi connectivity index (χ0) is 6.41. The molecule has 0 aliphatic carbocycles. The first-order chi connectivity index (χ1) is 3.81. The van der Waals surface area contributed by atoms with E-state index in [1.807, 2.05) is 6.66 Å². The zero-order valence-electron chi connectivity index (χ0n) is 5.09. The minimum Gasteiger partial charge on any atom is -0.396 e. The average Bonchev–Trinajstić information content (AvgIpc) is 1.83. The van der Waals surface area contributed by atoms with Gasteiger partial charge in [0.05, 0.1) is 5.85 Å². The maximum Gasteiger partial charge on any atom is 0.0700 e. The lowest BCUT2D eigenvalue weighted by atomic mass is 10.3. The molecule has 0 amide bonds. The summed E-state index contributed by atoms with van der Waals surface area (Å²) in [4.78, 5) is 0. The molecule has 0 spiro atoms. The second kappa shape index (κ2) is 5.49. The van der Waals surface area contributed by atoms with Crippen LogP contribution in [0.3, 0.4) is 0 Å². The SMILES string of the molecule is CPC(O)CCCO. The Kier molecular flexibility index (Phi) is 5.73. The Labute approximate surface area is 51.7 Å². The van der Waals surface area contributed by atoms with Gasteiger partial charge in [0.1, 0.15) is 0 Å². The van der Waals surface area contributed by atoms with Crippen LogP contribution in [0.5, 0.6) is 0 Å². The summed E-state index contributed by atoms with van der Waals surface area (Å²) in [6.07, 6.45) is 1.47. The Morgan fingerprint density at radius 3 is 2.62 bits per heavy atom. The first-order valence-electron chi connectivity index (χ1n) is 2.77. The van der Waals surface area contributed by atoms with Crippen molar-refractivity contribution in [3.8, 4) is 0 Å². The lowest BCUT2D eigenvalue weighted by Crippen LogP contribution is -1.98. The highest BCUT2D eigenvalue weighted by Crippen LogP contribution is 2.14. The highest BCUT2D eigenvalue weighted by molar-refractivity contribution is 7.37. The van der Waals surface area contributed by atoms with Gasteiger partial charge in [-0.05, 0) is 19.5 Å². The van der Waals surface area contributed by atoms with Crippen LogP contribution in [0.4, 0.5) is 0 Å². The Morgan fingerprint density at radius 1 is 1.62 bits per heavy atom. The predicted molar refractivity (Wildman–Crippen MR) is 36.6 cm³/mol. The largest absolute Gasteiger partial charge is 0.396 e. The van der Waals surface area contributed by atoms with Gasteiger partial charge in [0, 0.05) is 6.61 Å². The van der Waals surface area contributed by atoms with Crippen LogP contribution in [0, 0.1) is 0 Å². The molecule has 2 N–H and O–H groups in total. The number of rotatable bonds is 4. The number of hydrogen-bond acceptors (Lipinski definition) is 2. The van der Waals surface area contributed by atoms with Gasteiger partial charge in [-0.2, -0.15) is 0 Å². The van der Waals surface area contributed by atoms with Gasteiger partial charge in [-0.25, -0.2) is 0 Å². The summed E-state index contributed by atoms with van der Waals surface area (Å²) < 4.78 is 0. The van der Waals surface area contributed by atoms with Crippen LogP contribution in [-0.2, 0) is 0 Å². The first kappa shape index (κ1) is 8.35. The lowest BCUT2D eigenvalue weighted by molar-refractivity contribution is 0.218. The number of hydrogen-bond donors (Lipinski definition) is 2. The standard InChI is InChI=1S/C5H13O2P/c1-8-5(7)3-2-4-6/h5-8H,2-4H2,1H3. The van der Waals surface area contributed by atoms with Crippen molar-refractivity contribution in [1.29, 1.82) is 0 Å². The highest BCUT2D eigenvalue weighted by atomic mass is 31.1. The van der Waals surface area contributed by atoms with Crippen LogP contribution >= 0.6 is 8.58 Å². The van der Waals surface area contributed by atoms with Gasteiger partial charge in [-0.1, -0.05) is 8.58 Å². The second-order valence-electron chi connectivity index (χ2n) is 1.67. The van der Waals surface area contributed by atoms with E-state index in [4.69, 9.17) is 10.2 Å². The molecule has 50 valence electrons. The van der Waals surface area contributed by atoms with Gasteiger partial charge < -0.3 is 10.2 Å². The molecular weight excluding hydrogens is 123 g/mol. The fraction of sp³-hybridized carbons (Fsp3) is 1.00. The van der Waals surface area contributed by atoms with Crippen LogP contribution in [0.2, 0.25) is 0 Å².